The second-order valence-electron chi connectivity index (χ2n) is 4.13. The van der Waals surface area contributed by atoms with Gasteiger partial charge in [-0.15, -0.1) is 0 Å². The van der Waals surface area contributed by atoms with E-state index in [1.54, 1.807) is 17.8 Å². The molecule has 0 aromatic heterocycles. The molecule has 0 saturated heterocycles. The number of benzene rings is 1. The Kier molecular flexibility index (Phi) is 3.77. The number of fused-ring (bicyclic) bond motifs is 1. The van der Waals surface area contributed by atoms with Crippen molar-refractivity contribution in [2.24, 2.45) is 0 Å². The molecule has 2 rings (SSSR count). The molecule has 1 heterocycles. The molecule has 0 spiro atoms. The van der Waals surface area contributed by atoms with Crippen LogP contribution in [0.15, 0.2) is 12.1 Å². The summed E-state index contributed by atoms with van der Waals surface area (Å²) in [5.41, 5.74) is 1.82. The smallest absolute Gasteiger partial charge is 0.146 e. The third-order valence-electron chi connectivity index (χ3n) is 3.04. The van der Waals surface area contributed by atoms with Crippen molar-refractivity contribution in [3.63, 3.8) is 0 Å². The SMILES string of the molecule is CNC1CC(C)SCc2c1ccc(Cl)c2F. The molecule has 16 heavy (non-hydrogen) atoms. The van der Waals surface area contributed by atoms with Crippen LogP contribution in [-0.4, -0.2) is 12.3 Å². The van der Waals surface area contributed by atoms with Crippen molar-refractivity contribution in [1.29, 1.82) is 0 Å². The van der Waals surface area contributed by atoms with Crippen molar-refractivity contribution in [2.75, 3.05) is 7.05 Å². The van der Waals surface area contributed by atoms with E-state index in [2.05, 4.69) is 12.2 Å². The summed E-state index contributed by atoms with van der Waals surface area (Å²) in [5, 5.41) is 4.01. The summed E-state index contributed by atoms with van der Waals surface area (Å²) in [6, 6.07) is 3.83. The lowest BCUT2D eigenvalue weighted by Gasteiger charge is -2.18. The summed E-state index contributed by atoms with van der Waals surface area (Å²) in [6.45, 7) is 2.18. The maximum Gasteiger partial charge on any atom is 0.146 e. The lowest BCUT2D eigenvalue weighted by atomic mass is 9.97. The molecule has 0 fully saturated rings. The van der Waals surface area contributed by atoms with Crippen molar-refractivity contribution in [1.82, 2.24) is 5.32 Å². The largest absolute Gasteiger partial charge is 0.313 e. The summed E-state index contributed by atoms with van der Waals surface area (Å²) < 4.78 is 13.9. The van der Waals surface area contributed by atoms with Gasteiger partial charge in [0.15, 0.2) is 0 Å². The number of thioether (sulfide) groups is 1. The van der Waals surface area contributed by atoms with Gasteiger partial charge in [0, 0.05) is 22.6 Å². The summed E-state index contributed by atoms with van der Waals surface area (Å²) in [4.78, 5) is 0. The quantitative estimate of drug-likeness (QED) is 0.824. The van der Waals surface area contributed by atoms with Crippen LogP contribution in [0.4, 0.5) is 4.39 Å². The first-order valence-electron chi connectivity index (χ1n) is 5.39. The monoisotopic (exact) mass is 259 g/mol. The molecule has 0 saturated carbocycles. The Morgan fingerprint density at radius 3 is 2.94 bits per heavy atom. The van der Waals surface area contributed by atoms with Crippen molar-refractivity contribution in [2.45, 2.75) is 30.4 Å². The average Bonchev–Trinajstić information content (AvgIpc) is 2.43. The summed E-state index contributed by atoms with van der Waals surface area (Å²) >= 11 is 7.61. The zero-order valence-electron chi connectivity index (χ0n) is 9.39. The van der Waals surface area contributed by atoms with Crippen LogP contribution in [0.25, 0.3) is 0 Å². The van der Waals surface area contributed by atoms with Crippen LogP contribution in [0, 0.1) is 5.82 Å². The minimum atomic E-state index is -0.249. The molecule has 2 atom stereocenters. The Morgan fingerprint density at radius 2 is 2.25 bits per heavy atom. The first-order chi connectivity index (χ1) is 7.63. The molecule has 4 heteroatoms. The fourth-order valence-electron chi connectivity index (χ4n) is 2.11. The first kappa shape index (κ1) is 12.2. The summed E-state index contributed by atoms with van der Waals surface area (Å²) in [6.07, 6.45) is 1.02. The standard InChI is InChI=1S/C12H15ClFNS/c1-7-5-11(15-2)8-3-4-10(13)12(14)9(8)6-16-7/h3-4,7,11,15H,5-6H2,1-2H3. The van der Waals surface area contributed by atoms with Gasteiger partial charge in [-0.3, -0.25) is 0 Å². The van der Waals surface area contributed by atoms with Crippen molar-refractivity contribution in [3.8, 4) is 0 Å². The second kappa shape index (κ2) is 4.94. The lowest BCUT2D eigenvalue weighted by molar-refractivity contribution is 0.541. The maximum absolute atomic E-state index is 13.9. The van der Waals surface area contributed by atoms with Crippen LogP contribution in [0.5, 0.6) is 0 Å². The Labute approximate surface area is 105 Å². The fourth-order valence-corrected chi connectivity index (χ4v) is 3.36. The number of hydrogen-bond acceptors (Lipinski definition) is 2. The van der Waals surface area contributed by atoms with E-state index in [-0.39, 0.29) is 16.9 Å². The van der Waals surface area contributed by atoms with Gasteiger partial charge in [0.25, 0.3) is 0 Å². The Bertz CT molecular complexity index is 397. The number of rotatable bonds is 1. The van der Waals surface area contributed by atoms with Gasteiger partial charge < -0.3 is 5.32 Å². The van der Waals surface area contributed by atoms with E-state index in [0.717, 1.165) is 17.5 Å². The van der Waals surface area contributed by atoms with E-state index >= 15 is 0 Å². The third kappa shape index (κ3) is 2.22. The predicted octanol–water partition coefficient (Wildman–Crippen LogP) is 3.77. The topological polar surface area (TPSA) is 12.0 Å². The molecule has 1 nitrogen and oxygen atoms in total. The van der Waals surface area contributed by atoms with E-state index < -0.39 is 0 Å². The second-order valence-corrected chi connectivity index (χ2v) is 5.96. The molecule has 1 aliphatic rings. The lowest BCUT2D eigenvalue weighted by Crippen LogP contribution is -2.19. The highest BCUT2D eigenvalue weighted by Gasteiger charge is 2.24. The fraction of sp³-hybridized carbons (Fsp3) is 0.500. The molecular formula is C12H15ClFNS. The molecular weight excluding hydrogens is 245 g/mol. The van der Waals surface area contributed by atoms with E-state index in [1.165, 1.54) is 0 Å². The van der Waals surface area contributed by atoms with Gasteiger partial charge in [-0.1, -0.05) is 24.6 Å². The minimum absolute atomic E-state index is 0.226. The van der Waals surface area contributed by atoms with Gasteiger partial charge in [0.1, 0.15) is 5.82 Å². The van der Waals surface area contributed by atoms with Gasteiger partial charge in [0.2, 0.25) is 0 Å². The predicted molar refractivity (Wildman–Crippen MR) is 68.6 cm³/mol. The van der Waals surface area contributed by atoms with Crippen LogP contribution in [0.3, 0.4) is 0 Å². The third-order valence-corrected chi connectivity index (χ3v) is 4.54. The molecule has 0 amide bonds. The highest BCUT2D eigenvalue weighted by molar-refractivity contribution is 7.99. The van der Waals surface area contributed by atoms with Crippen molar-refractivity contribution < 1.29 is 4.39 Å². The highest BCUT2D eigenvalue weighted by atomic mass is 35.5. The summed E-state index contributed by atoms with van der Waals surface area (Å²) in [7, 11) is 1.92. The van der Waals surface area contributed by atoms with Gasteiger partial charge in [0.05, 0.1) is 5.02 Å². The van der Waals surface area contributed by atoms with Crippen molar-refractivity contribution >= 4 is 23.4 Å². The maximum atomic E-state index is 13.9. The van der Waals surface area contributed by atoms with Crippen LogP contribution in [0.2, 0.25) is 5.02 Å². The van der Waals surface area contributed by atoms with E-state index in [0.29, 0.717) is 11.0 Å². The number of halogens is 2. The molecule has 0 radical (unpaired) electrons. The molecule has 88 valence electrons. The summed E-state index contributed by atoms with van der Waals surface area (Å²) in [5.74, 6) is 0.460. The van der Waals surface area contributed by atoms with E-state index in [1.807, 2.05) is 13.1 Å². The molecule has 1 aromatic rings. The molecule has 1 aliphatic heterocycles. The Hall–Kier alpha value is -0.250. The van der Waals surface area contributed by atoms with Crippen LogP contribution in [0.1, 0.15) is 30.5 Å². The van der Waals surface area contributed by atoms with Crippen LogP contribution >= 0.6 is 23.4 Å². The highest BCUT2D eigenvalue weighted by Crippen LogP contribution is 2.37. The van der Waals surface area contributed by atoms with Crippen LogP contribution < -0.4 is 5.32 Å². The van der Waals surface area contributed by atoms with E-state index in [4.69, 9.17) is 11.6 Å². The molecule has 1 aromatic carbocycles. The van der Waals surface area contributed by atoms with Gasteiger partial charge in [-0.25, -0.2) is 4.39 Å². The molecule has 2 unspecified atom stereocenters. The molecule has 0 bridgehead atoms. The number of nitrogens with one attached hydrogen (secondary N) is 1. The van der Waals surface area contributed by atoms with Crippen molar-refractivity contribution in [3.05, 3.63) is 34.1 Å². The van der Waals surface area contributed by atoms with Gasteiger partial charge in [-0.05, 0) is 25.1 Å². The first-order valence-corrected chi connectivity index (χ1v) is 6.81. The minimum Gasteiger partial charge on any atom is -0.313 e. The Morgan fingerprint density at radius 1 is 1.50 bits per heavy atom. The van der Waals surface area contributed by atoms with Gasteiger partial charge in [-0.2, -0.15) is 11.8 Å². The average molecular weight is 260 g/mol. The number of hydrogen-bond donors (Lipinski definition) is 1. The van der Waals surface area contributed by atoms with Gasteiger partial charge >= 0.3 is 0 Å². The van der Waals surface area contributed by atoms with Crippen LogP contribution in [-0.2, 0) is 5.75 Å². The zero-order chi connectivity index (χ0) is 11.7. The normalized spacial score (nSPS) is 25.0. The van der Waals surface area contributed by atoms with E-state index in [9.17, 15) is 4.39 Å². The Balaban J connectivity index is 2.48. The molecule has 1 N–H and O–H groups in total. The molecule has 0 aliphatic carbocycles. The zero-order valence-corrected chi connectivity index (χ0v) is 11.0.